The Bertz CT molecular complexity index is 361. The molecular formula is C13H20N2O. The molecule has 0 unspecified atom stereocenters. The van der Waals surface area contributed by atoms with Crippen LogP contribution in [0.3, 0.4) is 0 Å². The summed E-state index contributed by atoms with van der Waals surface area (Å²) in [4.78, 5) is 10.9. The van der Waals surface area contributed by atoms with Crippen LogP contribution in [0, 0.1) is 13.8 Å². The van der Waals surface area contributed by atoms with Crippen LogP contribution in [0.5, 0.6) is 0 Å². The molecule has 16 heavy (non-hydrogen) atoms. The molecule has 88 valence electrons. The van der Waals surface area contributed by atoms with Gasteiger partial charge in [-0.1, -0.05) is 23.8 Å². The summed E-state index contributed by atoms with van der Waals surface area (Å²) < 4.78 is 0. The van der Waals surface area contributed by atoms with Crippen molar-refractivity contribution in [3.8, 4) is 0 Å². The lowest BCUT2D eigenvalue weighted by Crippen LogP contribution is -2.29. The van der Waals surface area contributed by atoms with Crippen molar-refractivity contribution in [1.82, 2.24) is 5.43 Å². The molecule has 0 fully saturated rings. The third kappa shape index (κ3) is 4.03. The molecule has 0 saturated heterocycles. The topological polar surface area (TPSA) is 55.1 Å². The van der Waals surface area contributed by atoms with Crippen LogP contribution < -0.4 is 11.3 Å². The van der Waals surface area contributed by atoms with Gasteiger partial charge in [-0.25, -0.2) is 5.84 Å². The quantitative estimate of drug-likeness (QED) is 0.345. The third-order valence-corrected chi connectivity index (χ3v) is 2.76. The van der Waals surface area contributed by atoms with Gasteiger partial charge in [-0.2, -0.15) is 0 Å². The van der Waals surface area contributed by atoms with Crippen LogP contribution in [-0.4, -0.2) is 5.91 Å². The van der Waals surface area contributed by atoms with Crippen molar-refractivity contribution in [2.45, 2.75) is 39.5 Å². The highest BCUT2D eigenvalue weighted by atomic mass is 16.2. The number of hydrazine groups is 1. The monoisotopic (exact) mass is 220 g/mol. The first-order valence-corrected chi connectivity index (χ1v) is 5.69. The van der Waals surface area contributed by atoms with Gasteiger partial charge in [-0.3, -0.25) is 10.2 Å². The number of carbonyl (C=O) groups is 1. The molecule has 0 bridgehead atoms. The third-order valence-electron chi connectivity index (χ3n) is 2.76. The van der Waals surface area contributed by atoms with Crippen LogP contribution in [0.15, 0.2) is 18.2 Å². The summed E-state index contributed by atoms with van der Waals surface area (Å²) in [5.74, 6) is 4.92. The van der Waals surface area contributed by atoms with Gasteiger partial charge < -0.3 is 0 Å². The molecule has 0 radical (unpaired) electrons. The van der Waals surface area contributed by atoms with Gasteiger partial charge >= 0.3 is 0 Å². The molecule has 0 atom stereocenters. The molecule has 1 amide bonds. The van der Waals surface area contributed by atoms with Gasteiger partial charge in [0, 0.05) is 6.42 Å². The molecule has 0 saturated carbocycles. The van der Waals surface area contributed by atoms with E-state index in [2.05, 4.69) is 37.5 Å². The number of benzene rings is 1. The van der Waals surface area contributed by atoms with Gasteiger partial charge in [0.25, 0.3) is 0 Å². The van der Waals surface area contributed by atoms with E-state index in [0.29, 0.717) is 6.42 Å². The molecule has 0 aliphatic heterocycles. The number of rotatable bonds is 5. The van der Waals surface area contributed by atoms with Gasteiger partial charge in [0.15, 0.2) is 0 Å². The number of carbonyl (C=O) groups excluding carboxylic acids is 1. The molecule has 0 aliphatic carbocycles. The Balaban J connectivity index is 2.35. The lowest BCUT2D eigenvalue weighted by atomic mass is 10.0. The highest BCUT2D eigenvalue weighted by molar-refractivity contribution is 5.75. The average molecular weight is 220 g/mol. The Hall–Kier alpha value is -1.35. The van der Waals surface area contributed by atoms with E-state index in [1.165, 1.54) is 16.7 Å². The summed E-state index contributed by atoms with van der Waals surface area (Å²) in [6, 6.07) is 6.50. The predicted molar refractivity (Wildman–Crippen MR) is 65.8 cm³/mol. The highest BCUT2D eigenvalue weighted by Gasteiger charge is 2.01. The number of hydrogen-bond donors (Lipinski definition) is 2. The number of amides is 1. The van der Waals surface area contributed by atoms with E-state index in [0.717, 1.165) is 19.3 Å². The van der Waals surface area contributed by atoms with Crippen LogP contribution in [0.25, 0.3) is 0 Å². The molecule has 0 aliphatic rings. The molecule has 3 nitrogen and oxygen atoms in total. The minimum atomic E-state index is -0.0828. The molecule has 3 heteroatoms. The Morgan fingerprint density at radius 1 is 1.31 bits per heavy atom. The Morgan fingerprint density at radius 2 is 2.06 bits per heavy atom. The fraction of sp³-hybridized carbons (Fsp3) is 0.462. The number of nitrogens with two attached hydrogens (primary N) is 1. The number of unbranched alkanes of at least 4 members (excludes halogenated alkanes) is 1. The average Bonchev–Trinajstić information content (AvgIpc) is 2.26. The fourth-order valence-electron chi connectivity index (χ4n) is 1.80. The highest BCUT2D eigenvalue weighted by Crippen LogP contribution is 2.13. The van der Waals surface area contributed by atoms with Crippen LogP contribution in [0.2, 0.25) is 0 Å². The van der Waals surface area contributed by atoms with Gasteiger partial charge in [0.1, 0.15) is 0 Å². The SMILES string of the molecule is Cc1ccc(CCCCC(=O)NN)c(C)c1. The molecule has 0 heterocycles. The smallest absolute Gasteiger partial charge is 0.233 e. The van der Waals surface area contributed by atoms with Crippen LogP contribution in [0.1, 0.15) is 36.0 Å². The van der Waals surface area contributed by atoms with Crippen molar-refractivity contribution >= 4 is 5.91 Å². The number of hydrogen-bond acceptors (Lipinski definition) is 2. The first-order chi connectivity index (χ1) is 7.63. The lowest BCUT2D eigenvalue weighted by molar-refractivity contribution is -0.121. The molecule has 3 N–H and O–H groups in total. The summed E-state index contributed by atoms with van der Waals surface area (Å²) in [5.41, 5.74) is 6.15. The van der Waals surface area contributed by atoms with E-state index < -0.39 is 0 Å². The van der Waals surface area contributed by atoms with Crippen molar-refractivity contribution in [2.75, 3.05) is 0 Å². The molecule has 0 spiro atoms. The first-order valence-electron chi connectivity index (χ1n) is 5.69. The zero-order valence-corrected chi connectivity index (χ0v) is 10.0. The molecule has 0 aromatic heterocycles. The van der Waals surface area contributed by atoms with E-state index in [1.807, 2.05) is 0 Å². The van der Waals surface area contributed by atoms with Crippen LogP contribution >= 0.6 is 0 Å². The maximum absolute atomic E-state index is 10.9. The van der Waals surface area contributed by atoms with Gasteiger partial charge in [-0.15, -0.1) is 0 Å². The summed E-state index contributed by atoms with van der Waals surface area (Å²) in [6.45, 7) is 4.23. The largest absolute Gasteiger partial charge is 0.294 e. The van der Waals surface area contributed by atoms with E-state index in [-0.39, 0.29) is 5.91 Å². The second-order valence-corrected chi connectivity index (χ2v) is 4.20. The number of nitrogens with one attached hydrogen (secondary N) is 1. The van der Waals surface area contributed by atoms with E-state index >= 15 is 0 Å². The minimum absolute atomic E-state index is 0.0828. The van der Waals surface area contributed by atoms with Gasteiger partial charge in [-0.05, 0) is 44.2 Å². The van der Waals surface area contributed by atoms with E-state index in [9.17, 15) is 4.79 Å². The predicted octanol–water partition coefficient (Wildman–Crippen LogP) is 2.01. The normalized spacial score (nSPS) is 10.2. The van der Waals surface area contributed by atoms with E-state index in [4.69, 9.17) is 5.84 Å². The Morgan fingerprint density at radius 3 is 2.69 bits per heavy atom. The Labute approximate surface area is 97.0 Å². The van der Waals surface area contributed by atoms with Gasteiger partial charge in [0.2, 0.25) is 5.91 Å². The minimum Gasteiger partial charge on any atom is -0.294 e. The second kappa shape index (κ2) is 6.28. The van der Waals surface area contributed by atoms with Crippen molar-refractivity contribution in [1.29, 1.82) is 0 Å². The van der Waals surface area contributed by atoms with Crippen LogP contribution in [-0.2, 0) is 11.2 Å². The zero-order valence-electron chi connectivity index (χ0n) is 10.0. The summed E-state index contributed by atoms with van der Waals surface area (Å²) in [6.07, 6.45) is 3.46. The molecule has 1 aromatic carbocycles. The molecule has 1 aromatic rings. The summed E-state index contributed by atoms with van der Waals surface area (Å²) in [5, 5.41) is 0. The van der Waals surface area contributed by atoms with E-state index in [1.54, 1.807) is 0 Å². The second-order valence-electron chi connectivity index (χ2n) is 4.20. The first kappa shape index (κ1) is 12.7. The summed E-state index contributed by atoms with van der Waals surface area (Å²) in [7, 11) is 0. The Kier molecular flexibility index (Phi) is 4.99. The summed E-state index contributed by atoms with van der Waals surface area (Å²) >= 11 is 0. The zero-order chi connectivity index (χ0) is 12.0. The fourth-order valence-corrected chi connectivity index (χ4v) is 1.80. The maximum atomic E-state index is 10.9. The lowest BCUT2D eigenvalue weighted by Gasteiger charge is -2.06. The van der Waals surface area contributed by atoms with Crippen molar-refractivity contribution in [3.63, 3.8) is 0 Å². The van der Waals surface area contributed by atoms with Crippen molar-refractivity contribution < 1.29 is 4.79 Å². The molecular weight excluding hydrogens is 200 g/mol. The van der Waals surface area contributed by atoms with Crippen LogP contribution in [0.4, 0.5) is 0 Å². The van der Waals surface area contributed by atoms with Crippen molar-refractivity contribution in [3.05, 3.63) is 34.9 Å². The maximum Gasteiger partial charge on any atom is 0.233 e. The van der Waals surface area contributed by atoms with Crippen molar-refractivity contribution in [2.24, 2.45) is 5.84 Å². The molecule has 1 rings (SSSR count). The van der Waals surface area contributed by atoms with Gasteiger partial charge in [0.05, 0.1) is 0 Å². The number of aryl methyl sites for hydroxylation is 3. The standard InChI is InChI=1S/C13H20N2O/c1-10-7-8-12(11(2)9-10)5-3-4-6-13(16)15-14/h7-9H,3-6,14H2,1-2H3,(H,15,16).